The number of fused-ring (bicyclic) bond motifs is 6. The lowest BCUT2D eigenvalue weighted by molar-refractivity contribution is 0.669. The van der Waals surface area contributed by atoms with Gasteiger partial charge in [-0.05, 0) is 52.1 Å². The molecule has 0 aliphatic carbocycles. The van der Waals surface area contributed by atoms with Crippen molar-refractivity contribution < 1.29 is 4.42 Å². The van der Waals surface area contributed by atoms with Crippen LogP contribution in [0.4, 0.5) is 0 Å². The highest BCUT2D eigenvalue weighted by atomic mass is 16.3. The highest BCUT2D eigenvalue weighted by Gasteiger charge is 2.21. The van der Waals surface area contributed by atoms with Crippen molar-refractivity contribution in [3.8, 4) is 62.1 Å². The normalized spacial score (nSPS) is 11.6. The summed E-state index contributed by atoms with van der Waals surface area (Å²) in [6, 6.07) is 67.4. The van der Waals surface area contributed by atoms with E-state index in [1.807, 2.05) is 36.4 Å². The minimum Gasteiger partial charge on any atom is -0.456 e. The van der Waals surface area contributed by atoms with E-state index in [4.69, 9.17) is 19.4 Å². The third kappa shape index (κ3) is 5.29. The predicted molar refractivity (Wildman–Crippen MR) is 229 cm³/mol. The smallest absolute Gasteiger partial charge is 0.238 e. The van der Waals surface area contributed by atoms with Crippen LogP contribution in [0.2, 0.25) is 0 Å². The Morgan fingerprint density at radius 2 is 0.911 bits per heavy atom. The van der Waals surface area contributed by atoms with Crippen molar-refractivity contribution in [2.75, 3.05) is 0 Å². The van der Waals surface area contributed by atoms with Gasteiger partial charge >= 0.3 is 0 Å². The van der Waals surface area contributed by atoms with Crippen LogP contribution in [-0.2, 0) is 0 Å². The summed E-state index contributed by atoms with van der Waals surface area (Å²) in [6.45, 7) is 0. The molecule has 0 aliphatic rings. The third-order valence-corrected chi connectivity index (χ3v) is 10.7. The van der Waals surface area contributed by atoms with Gasteiger partial charge in [0, 0.05) is 38.2 Å². The van der Waals surface area contributed by atoms with E-state index in [0.29, 0.717) is 17.6 Å². The monoisotopic (exact) mass is 716 g/mol. The number of nitrogens with zero attached hydrogens (tertiary/aromatic N) is 4. The minimum absolute atomic E-state index is 0.556. The number of furan rings is 1. The fraction of sp³-hybridized carbons (Fsp3) is 0. The first-order valence-corrected chi connectivity index (χ1v) is 18.8. The fourth-order valence-corrected chi connectivity index (χ4v) is 8.06. The van der Waals surface area contributed by atoms with Crippen molar-refractivity contribution in [1.29, 1.82) is 0 Å². The van der Waals surface area contributed by atoms with Crippen molar-refractivity contribution in [3.05, 3.63) is 194 Å². The number of benzene rings is 8. The van der Waals surface area contributed by atoms with Gasteiger partial charge in [0.1, 0.15) is 11.2 Å². The molecule has 0 aliphatic heterocycles. The lowest BCUT2D eigenvalue weighted by Gasteiger charge is -2.13. The fourth-order valence-electron chi connectivity index (χ4n) is 8.06. The van der Waals surface area contributed by atoms with Crippen molar-refractivity contribution in [1.82, 2.24) is 19.5 Å². The maximum absolute atomic E-state index is 6.44. The lowest BCUT2D eigenvalue weighted by atomic mass is 9.96. The molecule has 3 aromatic heterocycles. The zero-order valence-corrected chi connectivity index (χ0v) is 30.2. The second-order valence-corrected chi connectivity index (χ2v) is 14.0. The molecule has 11 aromatic rings. The number of hydrogen-bond acceptors (Lipinski definition) is 4. The van der Waals surface area contributed by atoms with Crippen molar-refractivity contribution >= 4 is 43.7 Å². The Kier molecular flexibility index (Phi) is 7.42. The molecule has 11 rings (SSSR count). The topological polar surface area (TPSA) is 56.7 Å². The van der Waals surface area contributed by atoms with E-state index in [-0.39, 0.29) is 0 Å². The Hall–Kier alpha value is -7.63. The first-order chi connectivity index (χ1) is 27.8. The Labute approximate surface area is 322 Å². The van der Waals surface area contributed by atoms with Crippen LogP contribution in [-0.4, -0.2) is 19.5 Å². The number of hydrogen-bond donors (Lipinski definition) is 0. The molecule has 262 valence electrons. The van der Waals surface area contributed by atoms with Gasteiger partial charge in [0.05, 0.1) is 11.0 Å². The van der Waals surface area contributed by atoms with Crippen LogP contribution in [0.1, 0.15) is 0 Å². The van der Waals surface area contributed by atoms with Gasteiger partial charge in [0.15, 0.2) is 11.6 Å². The minimum atomic E-state index is 0.556. The molecule has 5 nitrogen and oxygen atoms in total. The van der Waals surface area contributed by atoms with Gasteiger partial charge < -0.3 is 4.42 Å². The highest BCUT2D eigenvalue weighted by molar-refractivity contribution is 6.16. The Morgan fingerprint density at radius 1 is 0.357 bits per heavy atom. The quantitative estimate of drug-likeness (QED) is 0.172. The average Bonchev–Trinajstić information content (AvgIpc) is 3.83. The Bertz CT molecular complexity index is 3220. The Balaban J connectivity index is 1.15. The zero-order valence-electron chi connectivity index (χ0n) is 30.2. The zero-order chi connectivity index (χ0) is 37.0. The molecule has 0 amide bonds. The van der Waals surface area contributed by atoms with Gasteiger partial charge in [-0.25, -0.2) is 4.98 Å². The second kappa shape index (κ2) is 13.0. The van der Waals surface area contributed by atoms with Crippen LogP contribution in [0.5, 0.6) is 0 Å². The number of rotatable bonds is 6. The molecular weight excluding hydrogens is 685 g/mol. The first kappa shape index (κ1) is 31.9. The molecule has 0 radical (unpaired) electrons. The van der Waals surface area contributed by atoms with E-state index < -0.39 is 0 Å². The second-order valence-electron chi connectivity index (χ2n) is 14.0. The molecule has 0 fully saturated rings. The summed E-state index contributed by atoms with van der Waals surface area (Å²) < 4.78 is 8.66. The van der Waals surface area contributed by atoms with Gasteiger partial charge in [-0.1, -0.05) is 170 Å². The molecule has 0 spiro atoms. The molecule has 0 unspecified atom stereocenters. The molecule has 3 heterocycles. The summed E-state index contributed by atoms with van der Waals surface area (Å²) in [5.41, 5.74) is 12.4. The lowest BCUT2D eigenvalue weighted by Crippen LogP contribution is -2.07. The summed E-state index contributed by atoms with van der Waals surface area (Å²) in [6.07, 6.45) is 0. The molecule has 5 heteroatoms. The third-order valence-electron chi connectivity index (χ3n) is 10.7. The summed E-state index contributed by atoms with van der Waals surface area (Å²) in [5, 5.41) is 4.43. The summed E-state index contributed by atoms with van der Waals surface area (Å²) in [4.78, 5) is 15.6. The van der Waals surface area contributed by atoms with Crippen LogP contribution in [0, 0.1) is 0 Å². The first-order valence-electron chi connectivity index (χ1n) is 18.8. The maximum Gasteiger partial charge on any atom is 0.238 e. The molecule has 0 saturated heterocycles. The van der Waals surface area contributed by atoms with Crippen LogP contribution >= 0.6 is 0 Å². The largest absolute Gasteiger partial charge is 0.456 e. The van der Waals surface area contributed by atoms with Gasteiger partial charge in [0.2, 0.25) is 5.95 Å². The van der Waals surface area contributed by atoms with E-state index in [9.17, 15) is 0 Å². The maximum atomic E-state index is 6.44. The average molecular weight is 717 g/mol. The molecule has 0 saturated carbocycles. The van der Waals surface area contributed by atoms with Crippen LogP contribution < -0.4 is 0 Å². The van der Waals surface area contributed by atoms with Crippen molar-refractivity contribution in [3.63, 3.8) is 0 Å². The molecule has 0 atom stereocenters. The predicted octanol–water partition coefficient (Wildman–Crippen LogP) is 13.2. The number of para-hydroxylation sites is 2. The van der Waals surface area contributed by atoms with Gasteiger partial charge in [-0.3, -0.25) is 4.57 Å². The SMILES string of the molecule is c1ccc(-c2ccc(-c3nc(-c4ccccc4)nc(-n4c5ccccc5c5cccc(-c6ccc7oc8cccc(-c9ccccc9)c8c7c6)c54)n3)cc2)cc1. The summed E-state index contributed by atoms with van der Waals surface area (Å²) in [7, 11) is 0. The number of aromatic nitrogens is 4. The van der Waals surface area contributed by atoms with E-state index in [2.05, 4.69) is 162 Å². The summed E-state index contributed by atoms with van der Waals surface area (Å²) in [5.74, 6) is 1.78. The molecule has 0 bridgehead atoms. The standard InChI is InChI=1S/C51H32N4O/c1-4-14-33(15-5-1)34-26-28-37(29-27-34)50-52-49(36-18-8-3-9-19-36)53-51(54-50)55-44-24-11-10-20-41(44)42-23-12-22-40(48(42)55)38-30-31-45-43(32-38)47-39(21-13-25-46(47)56-45)35-16-6-2-7-17-35/h1-32H. The van der Waals surface area contributed by atoms with Crippen molar-refractivity contribution in [2.24, 2.45) is 0 Å². The molecular formula is C51H32N4O. The van der Waals surface area contributed by atoms with Crippen LogP contribution in [0.3, 0.4) is 0 Å². The van der Waals surface area contributed by atoms with Crippen LogP contribution in [0.15, 0.2) is 199 Å². The molecule has 56 heavy (non-hydrogen) atoms. The van der Waals surface area contributed by atoms with Gasteiger partial charge in [0.25, 0.3) is 0 Å². The summed E-state index contributed by atoms with van der Waals surface area (Å²) >= 11 is 0. The van der Waals surface area contributed by atoms with E-state index in [0.717, 1.165) is 88.3 Å². The van der Waals surface area contributed by atoms with E-state index in [1.54, 1.807) is 0 Å². The van der Waals surface area contributed by atoms with E-state index >= 15 is 0 Å². The van der Waals surface area contributed by atoms with Gasteiger partial charge in [-0.2, -0.15) is 9.97 Å². The molecule has 0 N–H and O–H groups in total. The Morgan fingerprint density at radius 3 is 1.66 bits per heavy atom. The highest BCUT2D eigenvalue weighted by Crippen LogP contribution is 2.42. The van der Waals surface area contributed by atoms with E-state index in [1.165, 1.54) is 0 Å². The van der Waals surface area contributed by atoms with Gasteiger partial charge in [-0.15, -0.1) is 0 Å². The van der Waals surface area contributed by atoms with Crippen molar-refractivity contribution in [2.45, 2.75) is 0 Å². The molecule has 8 aromatic carbocycles. The van der Waals surface area contributed by atoms with Crippen LogP contribution in [0.25, 0.3) is 106 Å².